The van der Waals surface area contributed by atoms with Crippen molar-refractivity contribution in [2.45, 2.75) is 59.5 Å². The molecule has 0 aliphatic rings. The van der Waals surface area contributed by atoms with E-state index in [4.69, 9.17) is 10.2 Å². The summed E-state index contributed by atoms with van der Waals surface area (Å²) in [5.41, 5.74) is 6.14. The van der Waals surface area contributed by atoms with Crippen LogP contribution in [0.4, 0.5) is 0 Å². The van der Waals surface area contributed by atoms with Gasteiger partial charge in [-0.1, -0.05) is 20.8 Å². The topological polar surface area (TPSA) is 68.3 Å². The number of nitrogens with one attached hydrogen (secondary N) is 1. The standard InChI is InChI=1S/C15H26N2O2/c1-10-6-7-13(19-10)11(2)17-14(18)8-12(16)9-15(3,4)5/h6-7,11-12H,8-9,16H2,1-5H3,(H,17,18). The predicted octanol–water partition coefficient (Wildman–Crippen LogP) is 2.92. The number of hydrogen-bond donors (Lipinski definition) is 2. The molecule has 1 rings (SSSR count). The molecule has 1 aromatic rings. The Morgan fingerprint density at radius 3 is 2.53 bits per heavy atom. The number of nitrogens with two attached hydrogens (primary N) is 1. The number of carbonyl (C=O) groups is 1. The van der Waals surface area contributed by atoms with Crippen LogP contribution in [0.25, 0.3) is 0 Å². The SMILES string of the molecule is Cc1ccc(C(C)NC(=O)CC(N)CC(C)(C)C)o1. The molecule has 1 amide bonds. The van der Waals surface area contributed by atoms with Crippen molar-refractivity contribution in [3.8, 4) is 0 Å². The Hall–Kier alpha value is -1.29. The summed E-state index contributed by atoms with van der Waals surface area (Å²) in [5.74, 6) is 1.59. The van der Waals surface area contributed by atoms with Crippen LogP contribution in [0, 0.1) is 12.3 Å². The summed E-state index contributed by atoms with van der Waals surface area (Å²) in [7, 11) is 0. The van der Waals surface area contributed by atoms with Gasteiger partial charge in [0.2, 0.25) is 5.91 Å². The Labute approximate surface area is 115 Å². The zero-order valence-electron chi connectivity index (χ0n) is 12.6. The smallest absolute Gasteiger partial charge is 0.222 e. The van der Waals surface area contributed by atoms with Crippen LogP contribution < -0.4 is 11.1 Å². The van der Waals surface area contributed by atoms with Gasteiger partial charge in [0.15, 0.2) is 0 Å². The quantitative estimate of drug-likeness (QED) is 0.861. The lowest BCUT2D eigenvalue weighted by Gasteiger charge is -2.23. The van der Waals surface area contributed by atoms with Gasteiger partial charge >= 0.3 is 0 Å². The molecule has 1 heterocycles. The lowest BCUT2D eigenvalue weighted by Crippen LogP contribution is -2.35. The lowest BCUT2D eigenvalue weighted by molar-refractivity contribution is -0.122. The zero-order chi connectivity index (χ0) is 14.6. The van der Waals surface area contributed by atoms with Crippen molar-refractivity contribution in [2.24, 2.45) is 11.1 Å². The number of rotatable bonds is 5. The Kier molecular flexibility index (Phi) is 5.18. The number of furan rings is 1. The van der Waals surface area contributed by atoms with Crippen LogP contribution in [0.3, 0.4) is 0 Å². The summed E-state index contributed by atoms with van der Waals surface area (Å²) in [6.45, 7) is 10.2. The number of aryl methyl sites for hydroxylation is 1. The molecule has 0 aromatic carbocycles. The van der Waals surface area contributed by atoms with Crippen LogP contribution in [0.1, 0.15) is 58.1 Å². The van der Waals surface area contributed by atoms with E-state index >= 15 is 0 Å². The van der Waals surface area contributed by atoms with Gasteiger partial charge in [0, 0.05) is 12.5 Å². The second kappa shape index (κ2) is 6.24. The normalized spacial score (nSPS) is 15.1. The molecule has 0 bridgehead atoms. The van der Waals surface area contributed by atoms with Gasteiger partial charge in [-0.05, 0) is 37.8 Å². The van der Waals surface area contributed by atoms with Gasteiger partial charge in [0.25, 0.3) is 0 Å². The molecule has 4 heteroatoms. The van der Waals surface area contributed by atoms with E-state index in [-0.39, 0.29) is 23.4 Å². The van der Waals surface area contributed by atoms with Crippen LogP contribution >= 0.6 is 0 Å². The summed E-state index contributed by atoms with van der Waals surface area (Å²) >= 11 is 0. The maximum absolute atomic E-state index is 11.9. The third-order valence-corrected chi connectivity index (χ3v) is 2.89. The van der Waals surface area contributed by atoms with E-state index in [1.807, 2.05) is 26.0 Å². The van der Waals surface area contributed by atoms with Crippen molar-refractivity contribution in [1.29, 1.82) is 0 Å². The molecule has 0 aliphatic carbocycles. The third kappa shape index (κ3) is 5.92. The van der Waals surface area contributed by atoms with Crippen molar-refractivity contribution >= 4 is 5.91 Å². The fraction of sp³-hybridized carbons (Fsp3) is 0.667. The average Bonchev–Trinajstić information content (AvgIpc) is 2.61. The molecule has 19 heavy (non-hydrogen) atoms. The van der Waals surface area contributed by atoms with Crippen LogP contribution in [0.2, 0.25) is 0 Å². The van der Waals surface area contributed by atoms with Crippen LogP contribution in [-0.4, -0.2) is 11.9 Å². The Morgan fingerprint density at radius 2 is 2.05 bits per heavy atom. The summed E-state index contributed by atoms with van der Waals surface area (Å²) in [5, 5.41) is 2.91. The number of carbonyl (C=O) groups excluding carboxylic acids is 1. The third-order valence-electron chi connectivity index (χ3n) is 2.89. The minimum Gasteiger partial charge on any atom is -0.464 e. The van der Waals surface area contributed by atoms with Gasteiger partial charge in [0.1, 0.15) is 11.5 Å². The Bertz CT molecular complexity index is 418. The monoisotopic (exact) mass is 266 g/mol. The van der Waals surface area contributed by atoms with Gasteiger partial charge < -0.3 is 15.5 Å². The lowest BCUT2D eigenvalue weighted by atomic mass is 9.87. The molecule has 0 saturated carbocycles. The Balaban J connectivity index is 2.43. The maximum atomic E-state index is 11.9. The fourth-order valence-electron chi connectivity index (χ4n) is 2.15. The van der Waals surface area contributed by atoms with Crippen LogP contribution in [0.5, 0.6) is 0 Å². The van der Waals surface area contributed by atoms with Gasteiger partial charge in [-0.2, -0.15) is 0 Å². The van der Waals surface area contributed by atoms with Crippen molar-refractivity contribution in [3.63, 3.8) is 0 Å². The molecule has 0 aliphatic heterocycles. The van der Waals surface area contributed by atoms with Gasteiger partial charge in [0.05, 0.1) is 6.04 Å². The molecule has 4 nitrogen and oxygen atoms in total. The molecule has 108 valence electrons. The van der Waals surface area contributed by atoms with Gasteiger partial charge in [-0.25, -0.2) is 0 Å². The van der Waals surface area contributed by atoms with E-state index in [1.54, 1.807) is 0 Å². The first-order chi connectivity index (χ1) is 8.67. The van der Waals surface area contributed by atoms with E-state index < -0.39 is 0 Å². The van der Waals surface area contributed by atoms with E-state index in [1.165, 1.54) is 0 Å². The highest BCUT2D eigenvalue weighted by atomic mass is 16.3. The van der Waals surface area contributed by atoms with Crippen molar-refractivity contribution < 1.29 is 9.21 Å². The van der Waals surface area contributed by atoms with Crippen LogP contribution in [-0.2, 0) is 4.79 Å². The highest BCUT2D eigenvalue weighted by molar-refractivity contribution is 5.76. The molecular weight excluding hydrogens is 240 g/mol. The molecule has 0 spiro atoms. The van der Waals surface area contributed by atoms with Gasteiger partial charge in [-0.15, -0.1) is 0 Å². The first-order valence-electron chi connectivity index (χ1n) is 6.78. The number of hydrogen-bond acceptors (Lipinski definition) is 3. The average molecular weight is 266 g/mol. The summed E-state index contributed by atoms with van der Waals surface area (Å²) in [4.78, 5) is 11.9. The number of amides is 1. The molecule has 0 fully saturated rings. The highest BCUT2D eigenvalue weighted by Gasteiger charge is 2.19. The zero-order valence-corrected chi connectivity index (χ0v) is 12.6. The highest BCUT2D eigenvalue weighted by Crippen LogP contribution is 2.21. The summed E-state index contributed by atoms with van der Waals surface area (Å²) < 4.78 is 5.49. The Morgan fingerprint density at radius 1 is 1.42 bits per heavy atom. The maximum Gasteiger partial charge on any atom is 0.222 e. The van der Waals surface area contributed by atoms with E-state index in [0.29, 0.717) is 6.42 Å². The molecule has 1 aromatic heterocycles. The first kappa shape index (κ1) is 15.8. The molecule has 0 radical (unpaired) electrons. The second-order valence-corrected chi connectivity index (χ2v) is 6.47. The molecular formula is C15H26N2O2. The van der Waals surface area contributed by atoms with Crippen molar-refractivity contribution in [2.75, 3.05) is 0 Å². The largest absolute Gasteiger partial charge is 0.464 e. The second-order valence-electron chi connectivity index (χ2n) is 6.47. The van der Waals surface area contributed by atoms with Crippen molar-refractivity contribution in [3.05, 3.63) is 23.7 Å². The molecule has 0 saturated heterocycles. The van der Waals surface area contributed by atoms with E-state index in [0.717, 1.165) is 17.9 Å². The molecule has 2 unspecified atom stereocenters. The fourth-order valence-corrected chi connectivity index (χ4v) is 2.15. The first-order valence-corrected chi connectivity index (χ1v) is 6.78. The van der Waals surface area contributed by atoms with E-state index in [2.05, 4.69) is 26.1 Å². The van der Waals surface area contributed by atoms with Gasteiger partial charge in [-0.3, -0.25) is 4.79 Å². The molecule has 3 N–H and O–H groups in total. The summed E-state index contributed by atoms with van der Waals surface area (Å²) in [6.07, 6.45) is 1.18. The minimum absolute atomic E-state index is 0.0293. The molecule has 2 atom stereocenters. The van der Waals surface area contributed by atoms with Crippen molar-refractivity contribution in [1.82, 2.24) is 5.32 Å². The van der Waals surface area contributed by atoms with Crippen LogP contribution in [0.15, 0.2) is 16.5 Å². The summed E-state index contributed by atoms with van der Waals surface area (Å²) in [6, 6.07) is 3.55. The predicted molar refractivity (Wildman–Crippen MR) is 76.7 cm³/mol. The van der Waals surface area contributed by atoms with E-state index in [9.17, 15) is 4.79 Å². The minimum atomic E-state index is -0.122.